The Hall–Kier alpha value is -2.53. The third-order valence-electron chi connectivity index (χ3n) is 3.49. The summed E-state index contributed by atoms with van der Waals surface area (Å²) < 4.78 is 2.02. The third-order valence-corrected chi connectivity index (χ3v) is 3.73. The quantitative estimate of drug-likeness (QED) is 0.756. The van der Waals surface area contributed by atoms with Gasteiger partial charge in [0.1, 0.15) is 5.82 Å². The summed E-state index contributed by atoms with van der Waals surface area (Å²) in [5.74, 6) is 0.927. The second-order valence-corrected chi connectivity index (χ2v) is 5.60. The van der Waals surface area contributed by atoms with Crippen LogP contribution in [0.3, 0.4) is 0 Å². The third kappa shape index (κ3) is 4.02. The van der Waals surface area contributed by atoms with E-state index in [2.05, 4.69) is 15.6 Å². The molecular weight excluding hydrogens is 312 g/mol. The number of halogens is 1. The first-order chi connectivity index (χ1) is 11.2. The van der Waals surface area contributed by atoms with Crippen LogP contribution in [0.5, 0.6) is 0 Å². The van der Waals surface area contributed by atoms with Crippen molar-refractivity contribution in [1.82, 2.24) is 20.0 Å². The minimum Gasteiger partial charge on any atom is -0.338 e. The van der Waals surface area contributed by atoms with Gasteiger partial charge in [-0.05, 0) is 29.8 Å². The molecular formula is C17H17ClN4O. The highest BCUT2D eigenvalue weighted by Gasteiger charge is 2.04. The van der Waals surface area contributed by atoms with Gasteiger partial charge in [0, 0.05) is 30.7 Å². The van der Waals surface area contributed by atoms with Crippen molar-refractivity contribution < 1.29 is 4.79 Å². The highest BCUT2D eigenvalue weighted by Crippen LogP contribution is 2.10. The van der Waals surface area contributed by atoms with Crippen molar-refractivity contribution in [2.75, 3.05) is 6.54 Å². The number of carbonyl (C=O) groups excluding carboxylic acids is 1. The van der Waals surface area contributed by atoms with E-state index in [1.54, 1.807) is 6.07 Å². The molecule has 0 saturated heterocycles. The molecule has 0 spiro atoms. The maximum Gasteiger partial charge on any atom is 0.315 e. The molecule has 118 valence electrons. The normalized spacial score (nSPS) is 10.7. The predicted octanol–water partition coefficient (Wildman–Crippen LogP) is 3.03. The van der Waals surface area contributed by atoms with Crippen molar-refractivity contribution >= 4 is 23.1 Å². The molecule has 2 N–H and O–H groups in total. The molecule has 0 unspecified atom stereocenters. The van der Waals surface area contributed by atoms with Crippen LogP contribution in [0.25, 0.3) is 5.52 Å². The highest BCUT2D eigenvalue weighted by atomic mass is 35.5. The number of hydrogen-bond donors (Lipinski definition) is 2. The Morgan fingerprint density at radius 3 is 2.96 bits per heavy atom. The predicted molar refractivity (Wildman–Crippen MR) is 90.6 cm³/mol. The van der Waals surface area contributed by atoms with E-state index >= 15 is 0 Å². The van der Waals surface area contributed by atoms with E-state index in [-0.39, 0.29) is 6.03 Å². The Balaban J connectivity index is 1.46. The number of rotatable bonds is 5. The lowest BCUT2D eigenvalue weighted by Gasteiger charge is -2.08. The van der Waals surface area contributed by atoms with E-state index in [0.717, 1.165) is 16.9 Å². The summed E-state index contributed by atoms with van der Waals surface area (Å²) in [7, 11) is 0. The van der Waals surface area contributed by atoms with Crippen LogP contribution < -0.4 is 10.6 Å². The molecule has 0 saturated carbocycles. The van der Waals surface area contributed by atoms with E-state index in [0.29, 0.717) is 24.5 Å². The number of urea groups is 1. The zero-order valence-corrected chi connectivity index (χ0v) is 13.3. The van der Waals surface area contributed by atoms with Crippen LogP contribution in [0, 0.1) is 0 Å². The van der Waals surface area contributed by atoms with Gasteiger partial charge in [0.25, 0.3) is 0 Å². The second kappa shape index (κ2) is 7.15. The molecule has 0 fully saturated rings. The number of nitrogens with zero attached hydrogens (tertiary/aromatic N) is 2. The number of imidazole rings is 1. The fourth-order valence-electron chi connectivity index (χ4n) is 2.36. The van der Waals surface area contributed by atoms with E-state index in [1.165, 1.54) is 0 Å². The first-order valence-corrected chi connectivity index (χ1v) is 7.77. The van der Waals surface area contributed by atoms with Gasteiger partial charge < -0.3 is 15.0 Å². The highest BCUT2D eigenvalue weighted by molar-refractivity contribution is 6.30. The molecule has 5 nitrogen and oxygen atoms in total. The number of aromatic nitrogens is 2. The zero-order valence-electron chi connectivity index (χ0n) is 12.5. The smallest absolute Gasteiger partial charge is 0.315 e. The minimum atomic E-state index is -0.203. The average molecular weight is 329 g/mol. The Labute approximate surface area is 139 Å². The van der Waals surface area contributed by atoms with Gasteiger partial charge in [0.2, 0.25) is 0 Å². The number of amides is 2. The summed E-state index contributed by atoms with van der Waals surface area (Å²) in [5.41, 5.74) is 2.01. The summed E-state index contributed by atoms with van der Waals surface area (Å²) in [4.78, 5) is 16.2. The lowest BCUT2D eigenvalue weighted by Crippen LogP contribution is -2.36. The van der Waals surface area contributed by atoms with E-state index in [9.17, 15) is 4.79 Å². The second-order valence-electron chi connectivity index (χ2n) is 5.16. The Morgan fingerprint density at radius 1 is 1.17 bits per heavy atom. The molecule has 3 rings (SSSR count). The monoisotopic (exact) mass is 328 g/mol. The van der Waals surface area contributed by atoms with Crippen LogP contribution in [0.4, 0.5) is 4.79 Å². The summed E-state index contributed by atoms with van der Waals surface area (Å²) in [6.45, 7) is 0.966. The molecule has 0 aliphatic carbocycles. The first-order valence-electron chi connectivity index (χ1n) is 7.39. The maximum atomic E-state index is 11.8. The standard InChI is InChI=1S/C17H17ClN4O/c18-14-5-3-4-13(10-14)11-21-17(23)19-8-7-16-20-12-15-6-1-2-9-22(15)16/h1-6,9-10,12H,7-8,11H2,(H2,19,21,23). The molecule has 0 bridgehead atoms. The van der Waals surface area contributed by atoms with Crippen LogP contribution in [0.2, 0.25) is 5.02 Å². The fourth-order valence-corrected chi connectivity index (χ4v) is 2.58. The van der Waals surface area contributed by atoms with Gasteiger partial charge in [-0.25, -0.2) is 9.78 Å². The van der Waals surface area contributed by atoms with Gasteiger partial charge >= 0.3 is 6.03 Å². The lowest BCUT2D eigenvalue weighted by atomic mass is 10.2. The summed E-state index contributed by atoms with van der Waals surface area (Å²) >= 11 is 5.91. The molecule has 2 heterocycles. The Morgan fingerprint density at radius 2 is 2.09 bits per heavy atom. The van der Waals surface area contributed by atoms with Crippen molar-refractivity contribution in [3.05, 3.63) is 71.3 Å². The van der Waals surface area contributed by atoms with Gasteiger partial charge in [-0.2, -0.15) is 0 Å². The van der Waals surface area contributed by atoms with E-state index < -0.39 is 0 Å². The molecule has 2 amide bonds. The summed E-state index contributed by atoms with van der Waals surface area (Å²) in [6, 6.07) is 13.2. The number of benzene rings is 1. The molecule has 0 aliphatic heterocycles. The molecule has 0 atom stereocenters. The maximum absolute atomic E-state index is 11.8. The van der Waals surface area contributed by atoms with Crippen LogP contribution in [-0.4, -0.2) is 22.0 Å². The molecule has 0 radical (unpaired) electrons. The van der Waals surface area contributed by atoms with Crippen molar-refractivity contribution in [2.45, 2.75) is 13.0 Å². The van der Waals surface area contributed by atoms with Gasteiger partial charge in [0.15, 0.2) is 0 Å². The van der Waals surface area contributed by atoms with Gasteiger partial charge in [0.05, 0.1) is 11.7 Å². The largest absolute Gasteiger partial charge is 0.338 e. The SMILES string of the molecule is O=C(NCCc1ncc2ccccn12)NCc1cccc(Cl)c1. The van der Waals surface area contributed by atoms with E-state index in [1.807, 2.05) is 53.2 Å². The number of nitrogens with one attached hydrogen (secondary N) is 2. The van der Waals surface area contributed by atoms with Crippen LogP contribution in [0.15, 0.2) is 54.9 Å². The van der Waals surface area contributed by atoms with Gasteiger partial charge in [-0.1, -0.05) is 29.8 Å². The van der Waals surface area contributed by atoms with Crippen LogP contribution in [0.1, 0.15) is 11.4 Å². The summed E-state index contributed by atoms with van der Waals surface area (Å²) in [5, 5.41) is 6.30. The van der Waals surface area contributed by atoms with Crippen LogP contribution in [-0.2, 0) is 13.0 Å². The van der Waals surface area contributed by atoms with Gasteiger partial charge in [-0.3, -0.25) is 0 Å². The number of fused-ring (bicyclic) bond motifs is 1. The van der Waals surface area contributed by atoms with Gasteiger partial charge in [-0.15, -0.1) is 0 Å². The van der Waals surface area contributed by atoms with Crippen molar-refractivity contribution in [3.63, 3.8) is 0 Å². The number of hydrogen-bond acceptors (Lipinski definition) is 2. The molecule has 2 aromatic heterocycles. The van der Waals surface area contributed by atoms with Crippen LogP contribution >= 0.6 is 11.6 Å². The molecule has 1 aromatic carbocycles. The first kappa shape index (κ1) is 15.4. The fraction of sp³-hybridized carbons (Fsp3) is 0.176. The Bertz CT molecular complexity index is 815. The molecule has 23 heavy (non-hydrogen) atoms. The number of pyridine rings is 1. The van der Waals surface area contributed by atoms with Crippen molar-refractivity contribution in [2.24, 2.45) is 0 Å². The molecule has 0 aliphatic rings. The minimum absolute atomic E-state index is 0.203. The molecule has 6 heteroatoms. The van der Waals surface area contributed by atoms with Crippen molar-refractivity contribution in [1.29, 1.82) is 0 Å². The molecule has 3 aromatic rings. The zero-order chi connectivity index (χ0) is 16.1. The topological polar surface area (TPSA) is 58.4 Å². The number of carbonyl (C=O) groups is 1. The average Bonchev–Trinajstić information content (AvgIpc) is 2.97. The van der Waals surface area contributed by atoms with E-state index in [4.69, 9.17) is 11.6 Å². The summed E-state index contributed by atoms with van der Waals surface area (Å²) in [6.07, 6.45) is 4.47. The lowest BCUT2D eigenvalue weighted by molar-refractivity contribution is 0.240. The van der Waals surface area contributed by atoms with Crippen molar-refractivity contribution in [3.8, 4) is 0 Å². The Kier molecular flexibility index (Phi) is 4.78.